The van der Waals surface area contributed by atoms with Gasteiger partial charge in [0.05, 0.1) is 12.5 Å². The fraction of sp³-hybridized carbons (Fsp3) is 0.500. The van der Waals surface area contributed by atoms with E-state index >= 15 is 0 Å². The van der Waals surface area contributed by atoms with Crippen LogP contribution in [0.1, 0.15) is 46.1 Å². The van der Waals surface area contributed by atoms with Crippen LogP contribution in [-0.4, -0.2) is 69.0 Å². The Morgan fingerprint density at radius 3 is 2.03 bits per heavy atom. The van der Waals surface area contributed by atoms with Crippen LogP contribution in [0.15, 0.2) is 30.5 Å². The zero-order chi connectivity index (χ0) is 28.6. The molecule has 2 aromatic rings. The topological polar surface area (TPSA) is 204 Å². The van der Waals surface area contributed by atoms with Gasteiger partial charge in [0.2, 0.25) is 17.7 Å². The average Bonchev–Trinajstić information content (AvgIpc) is 3.24. The van der Waals surface area contributed by atoms with Crippen LogP contribution in [-0.2, 0) is 30.4 Å². The third-order valence-corrected chi connectivity index (χ3v) is 6.09. The molecule has 1 aromatic carbocycles. The number of nitrogens with one attached hydrogen (secondary N) is 4. The molecule has 8 N–H and O–H groups in total. The number of para-hydroxylation sites is 1. The van der Waals surface area contributed by atoms with Gasteiger partial charge in [0.25, 0.3) is 0 Å². The van der Waals surface area contributed by atoms with E-state index in [1.807, 2.05) is 38.1 Å². The number of carbonyl (C=O) groups excluding carboxylic acids is 3. The predicted octanol–water partition coefficient (Wildman–Crippen LogP) is 0.754. The first kappa shape index (κ1) is 30.3. The number of fused-ring (bicyclic) bond motifs is 1. The summed E-state index contributed by atoms with van der Waals surface area (Å²) < 4.78 is 0. The number of hydrogen-bond acceptors (Lipinski definition) is 6. The summed E-state index contributed by atoms with van der Waals surface area (Å²) in [4.78, 5) is 65.2. The number of rotatable bonds is 14. The molecule has 1 aromatic heterocycles. The normalized spacial score (nSPS) is 14.5. The molecule has 0 bridgehead atoms. The molecule has 0 saturated heterocycles. The minimum atomic E-state index is -1.51. The Bertz CT molecular complexity index is 1160. The van der Waals surface area contributed by atoms with E-state index in [0.29, 0.717) is 5.56 Å². The molecule has 4 unspecified atom stereocenters. The van der Waals surface area contributed by atoms with E-state index < -0.39 is 60.2 Å². The predicted molar refractivity (Wildman–Crippen MR) is 140 cm³/mol. The van der Waals surface area contributed by atoms with Gasteiger partial charge in [0, 0.05) is 23.5 Å². The number of carboxylic acid groups (broad SMARTS) is 2. The molecule has 0 spiro atoms. The maximum atomic E-state index is 13.3. The molecule has 1 heterocycles. The Kier molecular flexibility index (Phi) is 10.8. The quantitative estimate of drug-likeness (QED) is 0.185. The highest BCUT2D eigenvalue weighted by molar-refractivity contribution is 5.96. The second kappa shape index (κ2) is 13.6. The summed E-state index contributed by atoms with van der Waals surface area (Å²) in [6.07, 6.45) is 1.08. The van der Waals surface area contributed by atoms with Crippen molar-refractivity contribution in [1.82, 2.24) is 20.9 Å². The van der Waals surface area contributed by atoms with Gasteiger partial charge >= 0.3 is 11.9 Å². The fourth-order valence-electron chi connectivity index (χ4n) is 3.92. The second-order valence-corrected chi connectivity index (χ2v) is 10.1. The van der Waals surface area contributed by atoms with Gasteiger partial charge in [-0.1, -0.05) is 45.9 Å². The summed E-state index contributed by atoms with van der Waals surface area (Å²) >= 11 is 0. The van der Waals surface area contributed by atoms with Crippen molar-refractivity contribution in [2.24, 2.45) is 17.6 Å². The smallest absolute Gasteiger partial charge is 0.326 e. The standard InChI is InChI=1S/C26H37N5O7/c1-13(2)9-20(26(37)38)31-23(34)18(10-15-12-28-17-8-6-5-7-16(15)17)29-24(35)19(11-21(32)33)30-25(36)22(27)14(3)4/h5-8,12-14,18-20,22,28H,9-11,27H2,1-4H3,(H,29,35)(H,30,36)(H,31,34)(H,32,33)(H,37,38). The summed E-state index contributed by atoms with van der Waals surface area (Å²) in [6, 6.07) is 2.38. The molecule has 0 saturated carbocycles. The molecule has 0 radical (unpaired) electrons. The minimum Gasteiger partial charge on any atom is -0.481 e. The van der Waals surface area contributed by atoms with Gasteiger partial charge in [-0.3, -0.25) is 19.2 Å². The Morgan fingerprint density at radius 2 is 1.45 bits per heavy atom. The van der Waals surface area contributed by atoms with Crippen molar-refractivity contribution in [2.45, 2.75) is 71.1 Å². The first-order valence-electron chi connectivity index (χ1n) is 12.5. The maximum Gasteiger partial charge on any atom is 0.326 e. The second-order valence-electron chi connectivity index (χ2n) is 10.1. The van der Waals surface area contributed by atoms with Crippen molar-refractivity contribution >= 4 is 40.6 Å². The molecule has 0 aliphatic heterocycles. The fourth-order valence-corrected chi connectivity index (χ4v) is 3.92. The van der Waals surface area contributed by atoms with Gasteiger partial charge in [-0.25, -0.2) is 4.79 Å². The highest BCUT2D eigenvalue weighted by Crippen LogP contribution is 2.19. The minimum absolute atomic E-state index is 0.0190. The zero-order valence-corrected chi connectivity index (χ0v) is 22.0. The molecule has 12 nitrogen and oxygen atoms in total. The maximum absolute atomic E-state index is 13.3. The molecule has 0 fully saturated rings. The molecule has 208 valence electrons. The largest absolute Gasteiger partial charge is 0.481 e. The van der Waals surface area contributed by atoms with Crippen molar-refractivity contribution in [1.29, 1.82) is 0 Å². The number of aromatic amines is 1. The summed E-state index contributed by atoms with van der Waals surface area (Å²) in [6.45, 7) is 7.03. The summed E-state index contributed by atoms with van der Waals surface area (Å²) in [5.74, 6) is -5.23. The van der Waals surface area contributed by atoms with Crippen molar-refractivity contribution < 1.29 is 34.2 Å². The van der Waals surface area contributed by atoms with Gasteiger partial charge in [0.1, 0.15) is 18.1 Å². The van der Waals surface area contributed by atoms with Crippen LogP contribution in [0, 0.1) is 11.8 Å². The number of hydrogen-bond donors (Lipinski definition) is 7. The van der Waals surface area contributed by atoms with E-state index in [4.69, 9.17) is 5.73 Å². The van der Waals surface area contributed by atoms with Crippen LogP contribution < -0.4 is 21.7 Å². The number of carboxylic acids is 2. The Labute approximate surface area is 220 Å². The highest BCUT2D eigenvalue weighted by atomic mass is 16.4. The van der Waals surface area contributed by atoms with Gasteiger partial charge in [-0.05, 0) is 29.9 Å². The summed E-state index contributed by atoms with van der Waals surface area (Å²) in [5.41, 5.74) is 7.32. The van der Waals surface area contributed by atoms with E-state index in [9.17, 15) is 34.2 Å². The van der Waals surface area contributed by atoms with E-state index in [1.54, 1.807) is 20.0 Å². The first-order chi connectivity index (χ1) is 17.8. The summed E-state index contributed by atoms with van der Waals surface area (Å²) in [5, 5.41) is 27.1. The Balaban J connectivity index is 2.34. The third-order valence-electron chi connectivity index (χ3n) is 6.09. The van der Waals surface area contributed by atoms with Crippen LogP contribution >= 0.6 is 0 Å². The lowest BCUT2D eigenvalue weighted by atomic mass is 10.0. The number of H-pyrrole nitrogens is 1. The molecule has 2 rings (SSSR count). The van der Waals surface area contributed by atoms with E-state index in [0.717, 1.165) is 10.9 Å². The van der Waals surface area contributed by atoms with Crippen LogP contribution in [0.3, 0.4) is 0 Å². The third kappa shape index (κ3) is 8.58. The lowest BCUT2D eigenvalue weighted by molar-refractivity contribution is -0.143. The van der Waals surface area contributed by atoms with Gasteiger partial charge < -0.3 is 36.9 Å². The van der Waals surface area contributed by atoms with Crippen LogP contribution in [0.4, 0.5) is 0 Å². The molecule has 0 aliphatic carbocycles. The van der Waals surface area contributed by atoms with Gasteiger partial charge in [0.15, 0.2) is 0 Å². The van der Waals surface area contributed by atoms with Crippen molar-refractivity contribution in [3.8, 4) is 0 Å². The lowest BCUT2D eigenvalue weighted by Crippen LogP contribution is -2.58. The molecule has 12 heteroatoms. The Morgan fingerprint density at radius 1 is 0.868 bits per heavy atom. The molecular weight excluding hydrogens is 494 g/mol. The average molecular weight is 532 g/mol. The van der Waals surface area contributed by atoms with Crippen LogP contribution in [0.2, 0.25) is 0 Å². The van der Waals surface area contributed by atoms with E-state index in [1.165, 1.54) is 0 Å². The number of aromatic nitrogens is 1. The molecule has 0 aliphatic rings. The number of carbonyl (C=O) groups is 5. The highest BCUT2D eigenvalue weighted by Gasteiger charge is 2.32. The van der Waals surface area contributed by atoms with Crippen molar-refractivity contribution in [2.75, 3.05) is 0 Å². The zero-order valence-electron chi connectivity index (χ0n) is 22.0. The summed E-state index contributed by atoms with van der Waals surface area (Å²) in [7, 11) is 0. The SMILES string of the molecule is CC(C)CC(NC(=O)C(Cc1c[nH]c2ccccc12)NC(=O)C(CC(=O)O)NC(=O)C(N)C(C)C)C(=O)O. The van der Waals surface area contributed by atoms with Crippen LogP contribution in [0.5, 0.6) is 0 Å². The molecule has 4 atom stereocenters. The lowest BCUT2D eigenvalue weighted by Gasteiger charge is -2.25. The van der Waals surface area contributed by atoms with E-state index in [2.05, 4.69) is 20.9 Å². The number of amides is 3. The van der Waals surface area contributed by atoms with Gasteiger partial charge in [-0.2, -0.15) is 0 Å². The Hall–Kier alpha value is -3.93. The number of benzene rings is 1. The van der Waals surface area contributed by atoms with Gasteiger partial charge in [-0.15, -0.1) is 0 Å². The molecule has 38 heavy (non-hydrogen) atoms. The first-order valence-corrected chi connectivity index (χ1v) is 12.5. The molecule has 3 amide bonds. The van der Waals surface area contributed by atoms with Crippen molar-refractivity contribution in [3.63, 3.8) is 0 Å². The van der Waals surface area contributed by atoms with Crippen molar-refractivity contribution in [3.05, 3.63) is 36.0 Å². The van der Waals surface area contributed by atoms with E-state index in [-0.39, 0.29) is 24.7 Å². The molecular formula is C26H37N5O7. The number of aliphatic carboxylic acids is 2. The number of nitrogens with two attached hydrogens (primary N) is 1. The monoisotopic (exact) mass is 531 g/mol. The van der Waals surface area contributed by atoms with Crippen LogP contribution in [0.25, 0.3) is 10.9 Å².